The molecule has 2 unspecified atom stereocenters. The molecule has 1 fully saturated rings. The van der Waals surface area contributed by atoms with Crippen molar-refractivity contribution in [3.05, 3.63) is 28.7 Å². The highest BCUT2D eigenvalue weighted by atomic mass is 79.9. The van der Waals surface area contributed by atoms with Gasteiger partial charge in [-0.25, -0.2) is 0 Å². The number of benzene rings is 1. The monoisotopic (exact) mass is 329 g/mol. The zero-order chi connectivity index (χ0) is 13.5. The van der Waals surface area contributed by atoms with Crippen LogP contribution >= 0.6 is 15.9 Å². The lowest BCUT2D eigenvalue weighted by molar-refractivity contribution is 0.105. The van der Waals surface area contributed by atoms with Crippen LogP contribution in [0.5, 0.6) is 5.75 Å². The molecular weight excluding hydrogens is 310 g/mol. The SMILES string of the molecule is OC(CNCC1CCOC1)COc1cccc(Br)c1. The van der Waals surface area contributed by atoms with Gasteiger partial charge in [-0.05, 0) is 30.5 Å². The highest BCUT2D eigenvalue weighted by molar-refractivity contribution is 9.10. The number of nitrogens with one attached hydrogen (secondary N) is 1. The summed E-state index contributed by atoms with van der Waals surface area (Å²) in [5, 5.41) is 13.1. The first kappa shape index (κ1) is 14.8. The molecule has 5 heteroatoms. The lowest BCUT2D eigenvalue weighted by Gasteiger charge is -2.15. The average molecular weight is 330 g/mol. The van der Waals surface area contributed by atoms with Crippen molar-refractivity contribution >= 4 is 15.9 Å². The van der Waals surface area contributed by atoms with Gasteiger partial charge in [0.25, 0.3) is 0 Å². The van der Waals surface area contributed by atoms with E-state index in [-0.39, 0.29) is 0 Å². The third kappa shape index (κ3) is 5.48. The first-order chi connectivity index (χ1) is 9.24. The van der Waals surface area contributed by atoms with Crippen LogP contribution in [0.4, 0.5) is 0 Å². The van der Waals surface area contributed by atoms with E-state index in [9.17, 15) is 5.11 Å². The minimum Gasteiger partial charge on any atom is -0.491 e. The fourth-order valence-corrected chi connectivity index (χ4v) is 2.38. The summed E-state index contributed by atoms with van der Waals surface area (Å²) in [4.78, 5) is 0. The molecule has 2 atom stereocenters. The third-order valence-electron chi connectivity index (χ3n) is 3.08. The van der Waals surface area contributed by atoms with Crippen LogP contribution in [0.2, 0.25) is 0 Å². The molecule has 1 saturated heterocycles. The second-order valence-corrected chi connectivity index (χ2v) is 5.73. The minimum atomic E-state index is -0.499. The topological polar surface area (TPSA) is 50.7 Å². The molecule has 1 aliphatic heterocycles. The Hall–Kier alpha value is -0.620. The second-order valence-electron chi connectivity index (χ2n) is 4.81. The summed E-state index contributed by atoms with van der Waals surface area (Å²) in [7, 11) is 0. The van der Waals surface area contributed by atoms with Crippen molar-refractivity contribution in [1.82, 2.24) is 5.32 Å². The van der Waals surface area contributed by atoms with Gasteiger partial charge in [-0.15, -0.1) is 0 Å². The summed E-state index contributed by atoms with van der Waals surface area (Å²) in [6.07, 6.45) is 0.610. The van der Waals surface area contributed by atoms with Crippen molar-refractivity contribution in [2.45, 2.75) is 12.5 Å². The Morgan fingerprint density at radius 1 is 1.53 bits per heavy atom. The van der Waals surface area contributed by atoms with Gasteiger partial charge >= 0.3 is 0 Å². The molecule has 0 amide bonds. The predicted molar refractivity (Wildman–Crippen MR) is 77.4 cm³/mol. The van der Waals surface area contributed by atoms with Crippen LogP contribution in [-0.2, 0) is 4.74 Å². The number of aliphatic hydroxyl groups is 1. The Kier molecular flexibility index (Phi) is 6.10. The molecule has 1 aromatic carbocycles. The van der Waals surface area contributed by atoms with Gasteiger partial charge in [-0.3, -0.25) is 0 Å². The number of ether oxygens (including phenoxy) is 2. The molecule has 0 bridgehead atoms. The smallest absolute Gasteiger partial charge is 0.120 e. The van der Waals surface area contributed by atoms with Gasteiger partial charge in [0.1, 0.15) is 18.5 Å². The molecule has 0 spiro atoms. The summed E-state index contributed by atoms with van der Waals surface area (Å²) in [5.74, 6) is 1.34. The Bertz CT molecular complexity index is 383. The Balaban J connectivity index is 1.60. The first-order valence-corrected chi connectivity index (χ1v) is 7.38. The molecule has 4 nitrogen and oxygen atoms in total. The van der Waals surface area contributed by atoms with Crippen molar-refractivity contribution in [2.75, 3.05) is 32.9 Å². The fourth-order valence-electron chi connectivity index (χ4n) is 2.01. The molecule has 0 radical (unpaired) electrons. The third-order valence-corrected chi connectivity index (χ3v) is 3.57. The van der Waals surface area contributed by atoms with Crippen molar-refractivity contribution in [2.24, 2.45) is 5.92 Å². The molecular formula is C14H20BrNO3. The molecule has 2 N–H and O–H groups in total. The molecule has 1 aromatic rings. The molecule has 106 valence electrons. The lowest BCUT2D eigenvalue weighted by atomic mass is 10.1. The zero-order valence-electron chi connectivity index (χ0n) is 10.8. The number of hydrogen-bond donors (Lipinski definition) is 2. The molecule has 0 aliphatic carbocycles. The van der Waals surface area contributed by atoms with Crippen molar-refractivity contribution < 1.29 is 14.6 Å². The maximum atomic E-state index is 9.82. The van der Waals surface area contributed by atoms with Gasteiger partial charge < -0.3 is 19.9 Å². The zero-order valence-corrected chi connectivity index (χ0v) is 12.4. The second kappa shape index (κ2) is 7.85. The summed E-state index contributed by atoms with van der Waals surface area (Å²) >= 11 is 3.38. The summed E-state index contributed by atoms with van der Waals surface area (Å²) in [5.41, 5.74) is 0. The molecule has 2 rings (SSSR count). The summed E-state index contributed by atoms with van der Waals surface area (Å²) < 4.78 is 11.8. The van der Waals surface area contributed by atoms with E-state index in [0.29, 0.717) is 19.1 Å². The van der Waals surface area contributed by atoms with E-state index in [1.54, 1.807) is 0 Å². The van der Waals surface area contributed by atoms with Gasteiger partial charge in [0.2, 0.25) is 0 Å². The highest BCUT2D eigenvalue weighted by Gasteiger charge is 2.15. The molecule has 1 heterocycles. The van der Waals surface area contributed by atoms with Gasteiger partial charge in [0, 0.05) is 24.2 Å². The Morgan fingerprint density at radius 3 is 3.16 bits per heavy atom. The van der Waals surface area contributed by atoms with Gasteiger partial charge in [0.05, 0.1) is 6.61 Å². The largest absolute Gasteiger partial charge is 0.491 e. The van der Waals surface area contributed by atoms with Gasteiger partial charge in [-0.2, -0.15) is 0 Å². The van der Waals surface area contributed by atoms with Crippen LogP contribution in [0.25, 0.3) is 0 Å². The number of rotatable bonds is 7. The van der Waals surface area contributed by atoms with E-state index in [1.165, 1.54) is 0 Å². The van der Waals surface area contributed by atoms with Crippen LogP contribution in [-0.4, -0.2) is 44.1 Å². The number of hydrogen-bond acceptors (Lipinski definition) is 4. The Labute approximate surface area is 122 Å². The van der Waals surface area contributed by atoms with E-state index >= 15 is 0 Å². The molecule has 19 heavy (non-hydrogen) atoms. The number of aliphatic hydroxyl groups excluding tert-OH is 1. The molecule has 0 saturated carbocycles. The first-order valence-electron chi connectivity index (χ1n) is 6.59. The van der Waals surface area contributed by atoms with Gasteiger partial charge in [0.15, 0.2) is 0 Å². The summed E-state index contributed by atoms with van der Waals surface area (Å²) in [6.45, 7) is 3.43. The van der Waals surface area contributed by atoms with E-state index in [2.05, 4.69) is 21.2 Å². The quantitative estimate of drug-likeness (QED) is 0.801. The molecule has 1 aliphatic rings. The van der Waals surface area contributed by atoms with E-state index in [0.717, 1.165) is 36.4 Å². The Morgan fingerprint density at radius 2 is 2.42 bits per heavy atom. The molecule has 0 aromatic heterocycles. The van der Waals surface area contributed by atoms with E-state index < -0.39 is 6.10 Å². The maximum absolute atomic E-state index is 9.82. The highest BCUT2D eigenvalue weighted by Crippen LogP contribution is 2.17. The van der Waals surface area contributed by atoms with Crippen LogP contribution in [0.3, 0.4) is 0 Å². The summed E-state index contributed by atoms with van der Waals surface area (Å²) in [6, 6.07) is 7.61. The van der Waals surface area contributed by atoms with Gasteiger partial charge in [-0.1, -0.05) is 22.0 Å². The maximum Gasteiger partial charge on any atom is 0.120 e. The van der Waals surface area contributed by atoms with Crippen LogP contribution in [0, 0.1) is 5.92 Å². The van der Waals surface area contributed by atoms with E-state index in [1.807, 2.05) is 24.3 Å². The van der Waals surface area contributed by atoms with Crippen LogP contribution in [0.1, 0.15) is 6.42 Å². The van der Waals surface area contributed by atoms with Crippen molar-refractivity contribution in [3.63, 3.8) is 0 Å². The normalized spacial score (nSPS) is 20.4. The minimum absolute atomic E-state index is 0.296. The standard InChI is InChI=1S/C14H20BrNO3/c15-12-2-1-3-14(6-12)19-10-13(17)8-16-7-11-4-5-18-9-11/h1-3,6,11,13,16-17H,4-5,7-10H2. The van der Waals surface area contributed by atoms with Crippen LogP contribution in [0.15, 0.2) is 28.7 Å². The van der Waals surface area contributed by atoms with Crippen molar-refractivity contribution in [1.29, 1.82) is 0 Å². The van der Waals surface area contributed by atoms with Crippen molar-refractivity contribution in [3.8, 4) is 5.75 Å². The lowest BCUT2D eigenvalue weighted by Crippen LogP contribution is -2.34. The van der Waals surface area contributed by atoms with E-state index in [4.69, 9.17) is 9.47 Å². The number of halogens is 1. The average Bonchev–Trinajstić information content (AvgIpc) is 2.90. The fraction of sp³-hybridized carbons (Fsp3) is 0.571. The van der Waals surface area contributed by atoms with Crippen LogP contribution < -0.4 is 10.1 Å². The predicted octanol–water partition coefficient (Wildman–Crippen LogP) is 1.81.